The normalized spacial score (nSPS) is 10.1. The maximum atomic E-state index is 13.1. The maximum absolute atomic E-state index is 13.1. The fourth-order valence-corrected chi connectivity index (χ4v) is 1.90. The zero-order valence-corrected chi connectivity index (χ0v) is 11.7. The summed E-state index contributed by atoms with van der Waals surface area (Å²) < 4.78 is 18.4. The number of anilines is 1. The number of hydrogen-bond donors (Lipinski definition) is 1. The van der Waals surface area contributed by atoms with Gasteiger partial charge in [-0.05, 0) is 58.4 Å². The molecule has 0 fully saturated rings. The van der Waals surface area contributed by atoms with Crippen LogP contribution in [0.1, 0.15) is 10.4 Å². The van der Waals surface area contributed by atoms with Gasteiger partial charge in [0.1, 0.15) is 11.6 Å². The van der Waals surface area contributed by atoms with Crippen LogP contribution in [0.15, 0.2) is 46.9 Å². The molecule has 0 heterocycles. The number of methoxy groups -OCH3 is 1. The summed E-state index contributed by atoms with van der Waals surface area (Å²) in [6.07, 6.45) is 0. The first-order chi connectivity index (χ1) is 9.10. The van der Waals surface area contributed by atoms with Crippen molar-refractivity contribution in [1.82, 2.24) is 0 Å². The average molecular weight is 324 g/mol. The lowest BCUT2D eigenvalue weighted by Gasteiger charge is -2.07. The van der Waals surface area contributed by atoms with Crippen LogP contribution in [0.2, 0.25) is 0 Å². The van der Waals surface area contributed by atoms with E-state index in [9.17, 15) is 9.18 Å². The summed E-state index contributed by atoms with van der Waals surface area (Å²) in [4.78, 5) is 11.9. The largest absolute Gasteiger partial charge is 0.497 e. The summed E-state index contributed by atoms with van der Waals surface area (Å²) in [5, 5.41) is 2.69. The second-order valence-electron chi connectivity index (χ2n) is 3.81. The lowest BCUT2D eigenvalue weighted by Crippen LogP contribution is -2.11. The first kappa shape index (κ1) is 13.5. The Kier molecular flexibility index (Phi) is 4.16. The van der Waals surface area contributed by atoms with Gasteiger partial charge in [-0.25, -0.2) is 4.39 Å². The Morgan fingerprint density at radius 1 is 1.21 bits per heavy atom. The van der Waals surface area contributed by atoms with E-state index < -0.39 is 0 Å². The predicted molar refractivity (Wildman–Crippen MR) is 75.0 cm³/mol. The van der Waals surface area contributed by atoms with E-state index in [4.69, 9.17) is 4.74 Å². The molecule has 1 amide bonds. The third-order valence-corrected chi connectivity index (χ3v) is 3.14. The van der Waals surface area contributed by atoms with Gasteiger partial charge in [0.2, 0.25) is 0 Å². The summed E-state index contributed by atoms with van der Waals surface area (Å²) in [7, 11) is 1.56. The van der Waals surface area contributed by atoms with Crippen molar-refractivity contribution in [2.45, 2.75) is 0 Å². The van der Waals surface area contributed by atoms with Gasteiger partial charge in [-0.15, -0.1) is 0 Å². The third-order valence-electron chi connectivity index (χ3n) is 2.53. The molecule has 1 N–H and O–H groups in total. The standard InChI is InChI=1S/C14H11BrFNO2/c1-19-11-5-2-9(3-6-11)14(18)17-10-4-7-13(16)12(15)8-10/h2-8H,1H3,(H,17,18). The van der Waals surface area contributed by atoms with Crippen LogP contribution >= 0.6 is 15.9 Å². The molecule has 2 rings (SSSR count). The number of amides is 1. The minimum atomic E-state index is -0.373. The molecule has 0 aliphatic carbocycles. The SMILES string of the molecule is COc1ccc(C(=O)Nc2ccc(F)c(Br)c2)cc1. The van der Waals surface area contributed by atoms with E-state index in [1.807, 2.05) is 0 Å². The highest BCUT2D eigenvalue weighted by atomic mass is 79.9. The lowest BCUT2D eigenvalue weighted by atomic mass is 10.2. The Bertz CT molecular complexity index is 599. The molecule has 19 heavy (non-hydrogen) atoms. The van der Waals surface area contributed by atoms with E-state index in [0.717, 1.165) is 0 Å². The molecule has 5 heteroatoms. The van der Waals surface area contributed by atoms with Crippen molar-refractivity contribution in [3.63, 3.8) is 0 Å². The third kappa shape index (κ3) is 3.32. The Balaban J connectivity index is 2.13. The topological polar surface area (TPSA) is 38.3 Å². The molecule has 0 radical (unpaired) electrons. The molecule has 0 atom stereocenters. The molecule has 0 aliphatic rings. The molecule has 0 aliphatic heterocycles. The van der Waals surface area contributed by atoms with Gasteiger partial charge in [0.25, 0.3) is 5.91 Å². The Labute approximate surface area is 118 Å². The molecule has 0 aromatic heterocycles. The smallest absolute Gasteiger partial charge is 0.255 e. The molecule has 0 unspecified atom stereocenters. The first-order valence-electron chi connectivity index (χ1n) is 5.50. The zero-order chi connectivity index (χ0) is 13.8. The Morgan fingerprint density at radius 3 is 2.47 bits per heavy atom. The van der Waals surface area contributed by atoms with E-state index in [2.05, 4.69) is 21.2 Å². The van der Waals surface area contributed by atoms with Gasteiger partial charge in [-0.3, -0.25) is 4.79 Å². The molecular formula is C14H11BrFNO2. The molecule has 0 saturated carbocycles. The summed E-state index contributed by atoms with van der Waals surface area (Å²) in [5.74, 6) is 0.0460. The number of rotatable bonds is 3. The van der Waals surface area contributed by atoms with Crippen LogP contribution in [-0.4, -0.2) is 13.0 Å². The number of carbonyl (C=O) groups is 1. The maximum Gasteiger partial charge on any atom is 0.255 e. The minimum absolute atomic E-state index is 0.263. The van der Waals surface area contributed by atoms with Gasteiger partial charge in [0.15, 0.2) is 0 Å². The van der Waals surface area contributed by atoms with Crippen molar-refractivity contribution in [2.75, 3.05) is 12.4 Å². The van der Waals surface area contributed by atoms with Crippen LogP contribution in [0.5, 0.6) is 5.75 Å². The van der Waals surface area contributed by atoms with Crippen molar-refractivity contribution < 1.29 is 13.9 Å². The quantitative estimate of drug-likeness (QED) is 0.931. The number of nitrogens with one attached hydrogen (secondary N) is 1. The lowest BCUT2D eigenvalue weighted by molar-refractivity contribution is 0.102. The van der Waals surface area contributed by atoms with Gasteiger partial charge < -0.3 is 10.1 Å². The van der Waals surface area contributed by atoms with Crippen LogP contribution in [0.4, 0.5) is 10.1 Å². The first-order valence-corrected chi connectivity index (χ1v) is 6.30. The van der Waals surface area contributed by atoms with Crippen molar-refractivity contribution in [3.8, 4) is 5.75 Å². The summed E-state index contributed by atoms with van der Waals surface area (Å²) in [6, 6.07) is 11.0. The predicted octanol–water partition coefficient (Wildman–Crippen LogP) is 3.85. The number of ether oxygens (including phenoxy) is 1. The van der Waals surface area contributed by atoms with E-state index in [0.29, 0.717) is 21.5 Å². The highest BCUT2D eigenvalue weighted by Gasteiger charge is 2.07. The fraction of sp³-hybridized carbons (Fsp3) is 0.0714. The molecule has 3 nitrogen and oxygen atoms in total. The second-order valence-corrected chi connectivity index (χ2v) is 4.67. The molecule has 2 aromatic carbocycles. The monoisotopic (exact) mass is 323 g/mol. The summed E-state index contributed by atoms with van der Waals surface area (Å²) in [6.45, 7) is 0. The van der Waals surface area contributed by atoms with Crippen molar-refractivity contribution >= 4 is 27.5 Å². The van der Waals surface area contributed by atoms with E-state index in [1.54, 1.807) is 31.4 Å². The van der Waals surface area contributed by atoms with Crippen molar-refractivity contribution in [1.29, 1.82) is 0 Å². The van der Waals surface area contributed by atoms with Crippen molar-refractivity contribution in [2.24, 2.45) is 0 Å². The van der Waals surface area contributed by atoms with Crippen LogP contribution in [0, 0.1) is 5.82 Å². The second kappa shape index (κ2) is 5.84. The molecule has 0 bridgehead atoms. The molecule has 98 valence electrons. The fourth-order valence-electron chi connectivity index (χ4n) is 1.52. The number of benzene rings is 2. The minimum Gasteiger partial charge on any atom is -0.497 e. The number of hydrogen-bond acceptors (Lipinski definition) is 2. The van der Waals surface area contributed by atoms with Gasteiger partial charge in [0.05, 0.1) is 11.6 Å². The van der Waals surface area contributed by atoms with Crippen LogP contribution in [0.3, 0.4) is 0 Å². The highest BCUT2D eigenvalue weighted by Crippen LogP contribution is 2.20. The van der Waals surface area contributed by atoms with E-state index in [1.165, 1.54) is 18.2 Å². The Morgan fingerprint density at radius 2 is 1.89 bits per heavy atom. The average Bonchev–Trinajstić information content (AvgIpc) is 2.43. The van der Waals surface area contributed by atoms with Crippen LogP contribution in [0.25, 0.3) is 0 Å². The summed E-state index contributed by atoms with van der Waals surface area (Å²) in [5.41, 5.74) is 1.02. The van der Waals surface area contributed by atoms with E-state index in [-0.39, 0.29) is 11.7 Å². The zero-order valence-electron chi connectivity index (χ0n) is 10.1. The number of halogens is 2. The van der Waals surface area contributed by atoms with Gasteiger partial charge in [0, 0.05) is 11.3 Å². The van der Waals surface area contributed by atoms with E-state index >= 15 is 0 Å². The number of carbonyl (C=O) groups excluding carboxylic acids is 1. The van der Waals surface area contributed by atoms with Gasteiger partial charge >= 0.3 is 0 Å². The van der Waals surface area contributed by atoms with Gasteiger partial charge in [-0.2, -0.15) is 0 Å². The van der Waals surface area contributed by atoms with Gasteiger partial charge in [-0.1, -0.05) is 0 Å². The van der Waals surface area contributed by atoms with Crippen LogP contribution in [-0.2, 0) is 0 Å². The Hall–Kier alpha value is -1.88. The molecule has 0 spiro atoms. The molecular weight excluding hydrogens is 313 g/mol. The van der Waals surface area contributed by atoms with Crippen molar-refractivity contribution in [3.05, 3.63) is 58.3 Å². The summed E-state index contributed by atoms with van der Waals surface area (Å²) >= 11 is 3.07. The van der Waals surface area contributed by atoms with Crippen LogP contribution < -0.4 is 10.1 Å². The molecule has 0 saturated heterocycles. The molecule has 2 aromatic rings. The highest BCUT2D eigenvalue weighted by molar-refractivity contribution is 9.10.